The Hall–Kier alpha value is -0.990. The van der Waals surface area contributed by atoms with E-state index >= 15 is 0 Å². The maximum atomic E-state index is 11.1. The van der Waals surface area contributed by atoms with E-state index < -0.39 is 21.5 Å². The Morgan fingerprint density at radius 2 is 2.21 bits per heavy atom. The lowest BCUT2D eigenvalue weighted by molar-refractivity contribution is -0.0858. The highest BCUT2D eigenvalue weighted by atomic mass is 32.2. The molecule has 1 heterocycles. The Kier molecular flexibility index (Phi) is 3.93. The molecule has 7 nitrogen and oxygen atoms in total. The zero-order valence-corrected chi connectivity index (χ0v) is 11.9. The van der Waals surface area contributed by atoms with Gasteiger partial charge >= 0.3 is 0 Å². The van der Waals surface area contributed by atoms with Gasteiger partial charge in [-0.05, 0) is 25.7 Å². The van der Waals surface area contributed by atoms with Crippen LogP contribution < -0.4 is 5.73 Å². The summed E-state index contributed by atoms with van der Waals surface area (Å²) in [5, 5.41) is 3.91. The highest BCUT2D eigenvalue weighted by Crippen LogP contribution is 2.42. The summed E-state index contributed by atoms with van der Waals surface area (Å²) in [5.41, 5.74) is 5.41. The van der Waals surface area contributed by atoms with Crippen LogP contribution in [-0.2, 0) is 20.2 Å². The van der Waals surface area contributed by atoms with Gasteiger partial charge in [0.2, 0.25) is 11.7 Å². The zero-order chi connectivity index (χ0) is 14.1. The summed E-state index contributed by atoms with van der Waals surface area (Å²) in [6.07, 6.45) is 4.23. The van der Waals surface area contributed by atoms with Crippen molar-refractivity contribution in [2.45, 2.75) is 37.3 Å². The number of nitrogens with two attached hydrogens (primary N) is 1. The predicted octanol–water partition coefficient (Wildman–Crippen LogP) is 0.530. The van der Waals surface area contributed by atoms with E-state index in [1.165, 1.54) is 6.26 Å². The SMILES string of the molecule is COC1(c2noc(C(N)CCS(C)(=O)=O)n2)CCC1. The van der Waals surface area contributed by atoms with E-state index in [2.05, 4.69) is 10.1 Å². The molecule has 0 spiro atoms. The fraction of sp³-hybridized carbons (Fsp3) is 0.818. The molecule has 2 rings (SSSR count). The molecule has 0 saturated heterocycles. The summed E-state index contributed by atoms with van der Waals surface area (Å²) in [6.45, 7) is 0. The molecule has 1 unspecified atom stereocenters. The molecule has 1 aliphatic rings. The third-order valence-corrected chi connectivity index (χ3v) is 4.50. The summed E-state index contributed by atoms with van der Waals surface area (Å²) in [4.78, 5) is 4.25. The van der Waals surface area contributed by atoms with E-state index in [1.807, 2.05) is 0 Å². The van der Waals surface area contributed by atoms with Crippen LogP contribution in [0.5, 0.6) is 0 Å². The van der Waals surface area contributed by atoms with Gasteiger partial charge in [0.1, 0.15) is 15.4 Å². The van der Waals surface area contributed by atoms with E-state index in [1.54, 1.807) is 7.11 Å². The maximum Gasteiger partial charge on any atom is 0.243 e. The smallest absolute Gasteiger partial charge is 0.243 e. The largest absolute Gasteiger partial charge is 0.370 e. The molecule has 1 fully saturated rings. The number of sulfone groups is 1. The Bertz CT molecular complexity index is 530. The highest BCUT2D eigenvalue weighted by molar-refractivity contribution is 7.90. The summed E-state index contributed by atoms with van der Waals surface area (Å²) in [6, 6.07) is -0.565. The van der Waals surface area contributed by atoms with Gasteiger partial charge < -0.3 is 15.0 Å². The fourth-order valence-electron chi connectivity index (χ4n) is 2.05. The van der Waals surface area contributed by atoms with Crippen molar-refractivity contribution in [1.82, 2.24) is 10.1 Å². The van der Waals surface area contributed by atoms with Gasteiger partial charge in [0, 0.05) is 13.4 Å². The molecule has 0 aromatic carbocycles. The van der Waals surface area contributed by atoms with E-state index in [9.17, 15) is 8.42 Å². The monoisotopic (exact) mass is 289 g/mol. The van der Waals surface area contributed by atoms with Crippen LogP contribution in [0.2, 0.25) is 0 Å². The van der Waals surface area contributed by atoms with Crippen LogP contribution in [0, 0.1) is 0 Å². The minimum atomic E-state index is -3.04. The quantitative estimate of drug-likeness (QED) is 0.813. The van der Waals surface area contributed by atoms with E-state index in [4.69, 9.17) is 15.0 Å². The van der Waals surface area contributed by atoms with Crippen molar-refractivity contribution in [2.24, 2.45) is 5.73 Å². The first kappa shape index (κ1) is 14.4. The minimum Gasteiger partial charge on any atom is -0.370 e. The van der Waals surface area contributed by atoms with Gasteiger partial charge in [-0.15, -0.1) is 0 Å². The van der Waals surface area contributed by atoms with Gasteiger partial charge in [0.15, 0.2) is 0 Å². The van der Waals surface area contributed by atoms with E-state index in [0.717, 1.165) is 19.3 Å². The number of nitrogens with zero attached hydrogens (tertiary/aromatic N) is 2. The van der Waals surface area contributed by atoms with Crippen LogP contribution in [0.15, 0.2) is 4.52 Å². The normalized spacial score (nSPS) is 19.9. The first-order valence-electron chi connectivity index (χ1n) is 6.19. The number of rotatable bonds is 6. The topological polar surface area (TPSA) is 108 Å². The zero-order valence-electron chi connectivity index (χ0n) is 11.1. The lowest BCUT2D eigenvalue weighted by Crippen LogP contribution is -2.37. The summed E-state index contributed by atoms with van der Waals surface area (Å²) in [5.74, 6) is 0.773. The Morgan fingerprint density at radius 1 is 1.53 bits per heavy atom. The molecule has 1 aromatic heterocycles. The van der Waals surface area contributed by atoms with E-state index in [-0.39, 0.29) is 18.1 Å². The van der Waals surface area contributed by atoms with Crippen LogP contribution >= 0.6 is 0 Å². The second kappa shape index (κ2) is 5.18. The van der Waals surface area contributed by atoms with Crippen molar-refractivity contribution in [3.05, 3.63) is 11.7 Å². The first-order valence-corrected chi connectivity index (χ1v) is 8.25. The molecular formula is C11H19N3O4S. The molecule has 2 N–H and O–H groups in total. The number of methoxy groups -OCH3 is 1. The Labute approximate surface area is 112 Å². The second-order valence-electron chi connectivity index (χ2n) is 5.03. The van der Waals surface area contributed by atoms with Crippen molar-refractivity contribution in [1.29, 1.82) is 0 Å². The van der Waals surface area contributed by atoms with E-state index in [0.29, 0.717) is 5.82 Å². The van der Waals surface area contributed by atoms with Crippen molar-refractivity contribution in [2.75, 3.05) is 19.1 Å². The molecule has 8 heteroatoms. The van der Waals surface area contributed by atoms with Crippen LogP contribution in [0.1, 0.15) is 43.4 Å². The van der Waals surface area contributed by atoms with Crippen LogP contribution in [0.3, 0.4) is 0 Å². The summed E-state index contributed by atoms with van der Waals surface area (Å²) >= 11 is 0. The second-order valence-corrected chi connectivity index (χ2v) is 7.29. The average Bonchev–Trinajstić information content (AvgIpc) is 2.74. The maximum absolute atomic E-state index is 11.1. The van der Waals surface area contributed by atoms with Gasteiger partial charge in [0.25, 0.3) is 0 Å². The number of aromatic nitrogens is 2. The van der Waals surface area contributed by atoms with Gasteiger partial charge in [-0.25, -0.2) is 8.42 Å². The van der Waals surface area contributed by atoms with Gasteiger partial charge in [-0.1, -0.05) is 5.16 Å². The fourth-order valence-corrected chi connectivity index (χ4v) is 2.73. The molecule has 0 amide bonds. The molecule has 1 aliphatic carbocycles. The Morgan fingerprint density at radius 3 is 2.68 bits per heavy atom. The number of hydrogen-bond donors (Lipinski definition) is 1. The molecule has 0 bridgehead atoms. The lowest BCUT2D eigenvalue weighted by Gasteiger charge is -2.37. The highest BCUT2D eigenvalue weighted by Gasteiger charge is 2.43. The van der Waals surface area contributed by atoms with Crippen LogP contribution in [0.4, 0.5) is 0 Å². The van der Waals surface area contributed by atoms with Crippen molar-refractivity contribution >= 4 is 9.84 Å². The molecule has 0 aliphatic heterocycles. The molecular weight excluding hydrogens is 270 g/mol. The summed E-state index contributed by atoms with van der Waals surface area (Å²) in [7, 11) is -1.42. The molecule has 1 aromatic rings. The number of hydrogen-bond acceptors (Lipinski definition) is 7. The molecule has 19 heavy (non-hydrogen) atoms. The van der Waals surface area contributed by atoms with Crippen LogP contribution in [0.25, 0.3) is 0 Å². The van der Waals surface area contributed by atoms with Crippen LogP contribution in [-0.4, -0.2) is 37.7 Å². The predicted molar refractivity (Wildman–Crippen MR) is 68.1 cm³/mol. The van der Waals surface area contributed by atoms with Gasteiger partial charge in [-0.3, -0.25) is 0 Å². The standard InChI is InChI=1S/C11H19N3O4S/c1-17-11(5-3-6-11)10-13-9(18-14-10)8(12)4-7-19(2,15)16/h8H,3-7,12H2,1-2H3. The Balaban J connectivity index is 2.04. The van der Waals surface area contributed by atoms with Crippen molar-refractivity contribution < 1.29 is 17.7 Å². The van der Waals surface area contributed by atoms with Crippen molar-refractivity contribution in [3.8, 4) is 0 Å². The molecule has 1 atom stereocenters. The first-order chi connectivity index (χ1) is 8.86. The summed E-state index contributed by atoms with van der Waals surface area (Å²) < 4.78 is 32.7. The van der Waals surface area contributed by atoms with Gasteiger partial charge in [-0.2, -0.15) is 4.98 Å². The number of ether oxygens (including phenoxy) is 1. The molecule has 108 valence electrons. The molecule has 0 radical (unpaired) electrons. The van der Waals surface area contributed by atoms with Gasteiger partial charge in [0.05, 0.1) is 11.8 Å². The third kappa shape index (κ3) is 3.13. The minimum absolute atomic E-state index is 0.00129. The van der Waals surface area contributed by atoms with Crippen molar-refractivity contribution in [3.63, 3.8) is 0 Å². The molecule has 1 saturated carbocycles. The average molecular weight is 289 g/mol. The third-order valence-electron chi connectivity index (χ3n) is 3.52. The lowest BCUT2D eigenvalue weighted by atomic mass is 9.79.